The Bertz CT molecular complexity index is 933. The minimum atomic E-state index is 0.0124. The van der Waals surface area contributed by atoms with Gasteiger partial charge >= 0.3 is 0 Å². The summed E-state index contributed by atoms with van der Waals surface area (Å²) in [7, 11) is 0. The lowest BCUT2D eigenvalue weighted by atomic mass is 9.92. The molecule has 3 rings (SSSR count). The van der Waals surface area contributed by atoms with Crippen LogP contribution in [0.4, 0.5) is 5.69 Å². The Morgan fingerprint density at radius 1 is 0.926 bits per heavy atom. The van der Waals surface area contributed by atoms with Gasteiger partial charge in [0.2, 0.25) is 0 Å². The molecule has 0 amide bonds. The van der Waals surface area contributed by atoms with E-state index in [1.165, 1.54) is 39.1 Å². The number of hydrogen-bond donors (Lipinski definition) is 1. The van der Waals surface area contributed by atoms with E-state index in [1.54, 1.807) is 0 Å². The molecule has 2 aromatic rings. The molecule has 1 heteroatoms. The van der Waals surface area contributed by atoms with E-state index in [-0.39, 0.29) is 5.54 Å². The van der Waals surface area contributed by atoms with Crippen LogP contribution in [0.15, 0.2) is 90.6 Å². The lowest BCUT2D eigenvalue weighted by Gasteiger charge is -2.25. The second-order valence-electron chi connectivity index (χ2n) is 8.14. The van der Waals surface area contributed by atoms with Crippen molar-refractivity contribution in [1.29, 1.82) is 0 Å². The number of hydrogen-bond acceptors (Lipinski definition) is 1. The summed E-state index contributed by atoms with van der Waals surface area (Å²) >= 11 is 0. The molecule has 0 aliphatic heterocycles. The van der Waals surface area contributed by atoms with Crippen LogP contribution in [0.5, 0.6) is 0 Å². The van der Waals surface area contributed by atoms with Gasteiger partial charge in [0.25, 0.3) is 0 Å². The molecule has 0 atom stereocenters. The molecule has 0 spiro atoms. The van der Waals surface area contributed by atoms with Crippen LogP contribution in [0.1, 0.15) is 39.7 Å². The highest BCUT2D eigenvalue weighted by Crippen LogP contribution is 2.40. The number of rotatable bonds is 5. The van der Waals surface area contributed by atoms with Gasteiger partial charge in [0.15, 0.2) is 0 Å². The van der Waals surface area contributed by atoms with E-state index in [0.29, 0.717) is 0 Å². The highest BCUT2D eigenvalue weighted by atomic mass is 15.0. The second-order valence-corrected chi connectivity index (χ2v) is 8.14. The lowest BCUT2D eigenvalue weighted by molar-refractivity contribution is 0.634. The van der Waals surface area contributed by atoms with Gasteiger partial charge in [-0.2, -0.15) is 0 Å². The molecule has 1 nitrogen and oxygen atoms in total. The average Bonchev–Trinajstić information content (AvgIpc) is 3.00. The van der Waals surface area contributed by atoms with E-state index in [1.807, 2.05) is 12.2 Å². The summed E-state index contributed by atoms with van der Waals surface area (Å²) in [6.45, 7) is 12.6. The minimum absolute atomic E-state index is 0.0124. The Morgan fingerprint density at radius 2 is 1.56 bits per heavy atom. The number of para-hydroxylation sites is 1. The van der Waals surface area contributed by atoms with Gasteiger partial charge in [-0.25, -0.2) is 0 Å². The van der Waals surface area contributed by atoms with Crippen LogP contribution in [0.25, 0.3) is 16.7 Å². The maximum Gasteiger partial charge on any atom is 0.0424 e. The van der Waals surface area contributed by atoms with Crippen LogP contribution < -0.4 is 5.32 Å². The third-order valence-electron chi connectivity index (χ3n) is 4.69. The highest BCUT2D eigenvalue weighted by Gasteiger charge is 2.18. The van der Waals surface area contributed by atoms with Gasteiger partial charge in [-0.05, 0) is 62.5 Å². The van der Waals surface area contributed by atoms with Gasteiger partial charge in [-0.3, -0.25) is 0 Å². The Hall–Kier alpha value is -2.80. The fourth-order valence-corrected chi connectivity index (χ4v) is 3.51. The van der Waals surface area contributed by atoms with Crippen LogP contribution in [0, 0.1) is 0 Å². The number of anilines is 1. The van der Waals surface area contributed by atoms with Gasteiger partial charge < -0.3 is 5.32 Å². The molecule has 0 saturated heterocycles. The molecule has 1 aliphatic rings. The van der Waals surface area contributed by atoms with E-state index in [4.69, 9.17) is 0 Å². The van der Waals surface area contributed by atoms with Crippen molar-refractivity contribution in [3.05, 3.63) is 96.1 Å². The first-order valence-corrected chi connectivity index (χ1v) is 9.55. The molecule has 0 radical (unpaired) electrons. The van der Waals surface area contributed by atoms with E-state index >= 15 is 0 Å². The molecule has 138 valence electrons. The summed E-state index contributed by atoms with van der Waals surface area (Å²) < 4.78 is 0. The monoisotopic (exact) mass is 355 g/mol. The fourth-order valence-electron chi connectivity index (χ4n) is 3.51. The zero-order valence-electron chi connectivity index (χ0n) is 16.8. The first kappa shape index (κ1) is 19.0. The first-order valence-electron chi connectivity index (χ1n) is 9.55. The van der Waals surface area contributed by atoms with E-state index in [0.717, 1.165) is 6.42 Å². The standard InChI is InChI=1S/C26H29N/c1-6-7-12-20-18-21(17-19(20)2)22-13-8-9-14-23(22)24-15-10-11-16-25(24)27-26(3,4)5/h6-16,18,27H,1,17H2,2-5H3/b12-7-. The van der Waals surface area contributed by atoms with E-state index < -0.39 is 0 Å². The Kier molecular flexibility index (Phi) is 5.51. The zero-order chi connectivity index (χ0) is 19.4. The normalized spacial score (nSPS) is 14.6. The van der Waals surface area contributed by atoms with Crippen molar-refractivity contribution < 1.29 is 0 Å². The zero-order valence-corrected chi connectivity index (χ0v) is 16.8. The molecule has 0 saturated carbocycles. The molecule has 0 bridgehead atoms. The smallest absolute Gasteiger partial charge is 0.0424 e. The average molecular weight is 356 g/mol. The lowest BCUT2D eigenvalue weighted by Crippen LogP contribution is -2.26. The van der Waals surface area contributed by atoms with Crippen LogP contribution in [0.3, 0.4) is 0 Å². The first-order chi connectivity index (χ1) is 12.9. The third-order valence-corrected chi connectivity index (χ3v) is 4.69. The molecule has 0 unspecified atom stereocenters. The Labute approximate surface area is 163 Å². The topological polar surface area (TPSA) is 12.0 Å². The third kappa shape index (κ3) is 4.49. The highest BCUT2D eigenvalue weighted by molar-refractivity contribution is 5.89. The van der Waals surface area contributed by atoms with Crippen LogP contribution in [0.2, 0.25) is 0 Å². The van der Waals surface area contributed by atoms with Gasteiger partial charge in [0.1, 0.15) is 0 Å². The molecular formula is C26H29N. The summed E-state index contributed by atoms with van der Waals surface area (Å²) in [5.74, 6) is 0. The minimum Gasteiger partial charge on any atom is -0.380 e. The van der Waals surface area contributed by atoms with Crippen molar-refractivity contribution in [3.63, 3.8) is 0 Å². The predicted octanol–water partition coefficient (Wildman–Crippen LogP) is 7.41. The number of nitrogens with one attached hydrogen (secondary N) is 1. The van der Waals surface area contributed by atoms with Crippen molar-refractivity contribution in [3.8, 4) is 11.1 Å². The predicted molar refractivity (Wildman–Crippen MR) is 120 cm³/mol. The molecule has 0 aromatic heterocycles. The largest absolute Gasteiger partial charge is 0.380 e. The van der Waals surface area contributed by atoms with Crippen molar-refractivity contribution in [1.82, 2.24) is 0 Å². The molecular weight excluding hydrogens is 326 g/mol. The molecule has 0 heterocycles. The quantitative estimate of drug-likeness (QED) is 0.551. The van der Waals surface area contributed by atoms with Crippen molar-refractivity contribution in [2.24, 2.45) is 0 Å². The summed E-state index contributed by atoms with van der Waals surface area (Å²) in [5.41, 5.74) is 9.08. The van der Waals surface area contributed by atoms with Crippen molar-refractivity contribution >= 4 is 11.3 Å². The number of benzene rings is 2. The van der Waals surface area contributed by atoms with Gasteiger partial charge in [-0.15, -0.1) is 0 Å². The Morgan fingerprint density at radius 3 is 2.22 bits per heavy atom. The van der Waals surface area contributed by atoms with Gasteiger partial charge in [0, 0.05) is 16.8 Å². The summed E-state index contributed by atoms with van der Waals surface area (Å²) in [6, 6.07) is 17.3. The van der Waals surface area contributed by atoms with Crippen molar-refractivity contribution in [2.75, 3.05) is 5.32 Å². The van der Waals surface area contributed by atoms with Crippen LogP contribution >= 0.6 is 0 Å². The molecule has 0 fully saturated rings. The number of allylic oxidation sites excluding steroid dienone is 7. The molecule has 1 aliphatic carbocycles. The van der Waals surface area contributed by atoms with Gasteiger partial charge in [0.05, 0.1) is 0 Å². The molecule has 1 N–H and O–H groups in total. The summed E-state index contributed by atoms with van der Waals surface area (Å²) in [6.07, 6.45) is 9.28. The Balaban J connectivity index is 2.05. The summed E-state index contributed by atoms with van der Waals surface area (Å²) in [4.78, 5) is 0. The maximum atomic E-state index is 3.78. The SMILES string of the molecule is C=C/C=C\C1=C(C)CC(c2ccccc2-c2ccccc2NC(C)(C)C)=C1. The van der Waals surface area contributed by atoms with E-state index in [9.17, 15) is 0 Å². The molecule has 2 aromatic carbocycles. The van der Waals surface area contributed by atoms with Crippen molar-refractivity contribution in [2.45, 2.75) is 39.7 Å². The summed E-state index contributed by atoms with van der Waals surface area (Å²) in [5, 5.41) is 3.66. The van der Waals surface area contributed by atoms with Gasteiger partial charge in [-0.1, -0.05) is 78.9 Å². The second kappa shape index (κ2) is 7.84. The fraction of sp³-hybridized carbons (Fsp3) is 0.231. The van der Waals surface area contributed by atoms with Crippen LogP contribution in [-0.2, 0) is 0 Å². The maximum absolute atomic E-state index is 3.78. The molecule has 27 heavy (non-hydrogen) atoms. The van der Waals surface area contributed by atoms with Crippen LogP contribution in [-0.4, -0.2) is 5.54 Å². The van der Waals surface area contributed by atoms with E-state index in [2.05, 4.69) is 100 Å².